The first-order valence-electron chi connectivity index (χ1n) is 10.7. The second kappa shape index (κ2) is 10.2. The SMILES string of the molecule is COc1cc(C=C2SC(=S)N(C(C)c3ccccc3)C2=O)ccc1OC(=O)c1cccc(C)c1. The normalized spacial score (nSPS) is 15.5. The molecule has 1 aliphatic rings. The van der Waals surface area contributed by atoms with Gasteiger partial charge in [0.25, 0.3) is 5.91 Å². The Labute approximate surface area is 208 Å². The van der Waals surface area contributed by atoms with Gasteiger partial charge in [0.1, 0.15) is 4.32 Å². The lowest BCUT2D eigenvalue weighted by atomic mass is 10.1. The van der Waals surface area contributed by atoms with Gasteiger partial charge in [0.05, 0.1) is 23.6 Å². The van der Waals surface area contributed by atoms with Crippen LogP contribution in [0.25, 0.3) is 6.08 Å². The van der Waals surface area contributed by atoms with E-state index in [9.17, 15) is 9.59 Å². The maximum absolute atomic E-state index is 13.1. The van der Waals surface area contributed by atoms with Crippen LogP contribution in [0.5, 0.6) is 11.5 Å². The van der Waals surface area contributed by atoms with E-state index in [1.807, 2.05) is 50.2 Å². The van der Waals surface area contributed by atoms with Gasteiger partial charge in [-0.3, -0.25) is 9.69 Å². The quantitative estimate of drug-likeness (QED) is 0.178. The highest BCUT2D eigenvalue weighted by atomic mass is 32.2. The molecule has 1 fully saturated rings. The summed E-state index contributed by atoms with van der Waals surface area (Å²) in [5.74, 6) is 0.0880. The Morgan fingerprint density at radius 2 is 1.79 bits per heavy atom. The van der Waals surface area contributed by atoms with Crippen LogP contribution in [0.3, 0.4) is 0 Å². The number of amides is 1. The second-order valence-corrected chi connectivity index (χ2v) is 9.48. The smallest absolute Gasteiger partial charge is 0.343 e. The van der Waals surface area contributed by atoms with Crippen molar-refractivity contribution in [1.82, 2.24) is 4.90 Å². The third kappa shape index (κ3) is 5.05. The predicted octanol–water partition coefficient (Wildman–Crippen LogP) is 6.19. The number of carbonyl (C=O) groups excluding carboxylic acids is 2. The number of rotatable bonds is 6. The molecule has 0 radical (unpaired) electrons. The van der Waals surface area contributed by atoms with Crippen LogP contribution in [0.1, 0.15) is 40.0 Å². The average molecular weight is 490 g/mol. The number of carbonyl (C=O) groups is 2. The third-order valence-electron chi connectivity index (χ3n) is 5.43. The minimum Gasteiger partial charge on any atom is -0.493 e. The molecule has 1 unspecified atom stereocenters. The first kappa shape index (κ1) is 23.7. The fourth-order valence-electron chi connectivity index (χ4n) is 3.63. The van der Waals surface area contributed by atoms with Crippen molar-refractivity contribution in [3.05, 3.63) is 100.0 Å². The zero-order valence-electron chi connectivity index (χ0n) is 19.0. The summed E-state index contributed by atoms with van der Waals surface area (Å²) in [5, 5.41) is 0. The van der Waals surface area contributed by atoms with Crippen LogP contribution in [0.2, 0.25) is 0 Å². The maximum atomic E-state index is 13.1. The van der Waals surface area contributed by atoms with Crippen LogP contribution in [0.4, 0.5) is 0 Å². The van der Waals surface area contributed by atoms with Crippen LogP contribution < -0.4 is 9.47 Å². The van der Waals surface area contributed by atoms with Gasteiger partial charge in [-0.15, -0.1) is 0 Å². The summed E-state index contributed by atoms with van der Waals surface area (Å²) < 4.78 is 11.5. The summed E-state index contributed by atoms with van der Waals surface area (Å²) in [5.41, 5.74) is 3.18. The zero-order chi connectivity index (χ0) is 24.2. The molecule has 3 aromatic carbocycles. The maximum Gasteiger partial charge on any atom is 0.343 e. The first-order chi connectivity index (χ1) is 16.4. The van der Waals surface area contributed by atoms with E-state index in [1.54, 1.807) is 47.4 Å². The summed E-state index contributed by atoms with van der Waals surface area (Å²) in [6.45, 7) is 3.87. The zero-order valence-corrected chi connectivity index (χ0v) is 20.6. The number of methoxy groups -OCH3 is 1. The Hall–Kier alpha value is -3.42. The first-order valence-corrected chi connectivity index (χ1v) is 11.9. The number of esters is 1. The Morgan fingerprint density at radius 3 is 2.50 bits per heavy atom. The highest BCUT2D eigenvalue weighted by Gasteiger charge is 2.35. The molecule has 1 heterocycles. The predicted molar refractivity (Wildman–Crippen MR) is 139 cm³/mol. The van der Waals surface area contributed by atoms with E-state index in [1.165, 1.54) is 18.9 Å². The van der Waals surface area contributed by atoms with Gasteiger partial charge in [0, 0.05) is 0 Å². The van der Waals surface area contributed by atoms with Crippen molar-refractivity contribution < 1.29 is 19.1 Å². The van der Waals surface area contributed by atoms with Crippen molar-refractivity contribution in [2.75, 3.05) is 7.11 Å². The van der Waals surface area contributed by atoms with Gasteiger partial charge in [-0.1, -0.05) is 78.1 Å². The van der Waals surface area contributed by atoms with Crippen molar-refractivity contribution in [2.24, 2.45) is 0 Å². The Morgan fingerprint density at radius 1 is 1.03 bits per heavy atom. The molecular weight excluding hydrogens is 466 g/mol. The Kier molecular flexibility index (Phi) is 7.14. The molecule has 4 rings (SSSR count). The highest BCUT2D eigenvalue weighted by Crippen LogP contribution is 2.39. The van der Waals surface area contributed by atoms with E-state index in [0.717, 1.165) is 16.7 Å². The lowest BCUT2D eigenvalue weighted by Gasteiger charge is -2.23. The minimum atomic E-state index is -0.467. The Balaban J connectivity index is 1.54. The topological polar surface area (TPSA) is 55.8 Å². The number of nitrogens with zero attached hydrogens (tertiary/aromatic N) is 1. The molecule has 34 heavy (non-hydrogen) atoms. The van der Waals surface area contributed by atoms with E-state index in [2.05, 4.69) is 0 Å². The third-order valence-corrected chi connectivity index (χ3v) is 6.77. The molecule has 5 nitrogen and oxygen atoms in total. The lowest BCUT2D eigenvalue weighted by Crippen LogP contribution is -2.30. The monoisotopic (exact) mass is 489 g/mol. The van der Waals surface area contributed by atoms with Gasteiger partial charge in [0.2, 0.25) is 0 Å². The molecule has 0 bridgehead atoms. The fraction of sp³-hybridized carbons (Fsp3) is 0.148. The van der Waals surface area contributed by atoms with Gasteiger partial charge in [0.15, 0.2) is 11.5 Å². The van der Waals surface area contributed by atoms with Crippen molar-refractivity contribution in [3.8, 4) is 11.5 Å². The molecule has 0 aromatic heterocycles. The molecule has 0 aliphatic carbocycles. The molecule has 172 valence electrons. The summed E-state index contributed by atoms with van der Waals surface area (Å²) >= 11 is 6.77. The van der Waals surface area contributed by atoms with Crippen LogP contribution in [-0.4, -0.2) is 28.2 Å². The lowest BCUT2D eigenvalue weighted by molar-refractivity contribution is -0.123. The van der Waals surface area contributed by atoms with Crippen LogP contribution >= 0.6 is 24.0 Å². The van der Waals surface area contributed by atoms with E-state index >= 15 is 0 Å². The number of hydrogen-bond donors (Lipinski definition) is 0. The van der Waals surface area contributed by atoms with Gasteiger partial charge in [-0.05, 0) is 55.3 Å². The van der Waals surface area contributed by atoms with Crippen LogP contribution in [0.15, 0.2) is 77.7 Å². The van der Waals surface area contributed by atoms with E-state index in [0.29, 0.717) is 26.3 Å². The standard InChI is InChI=1S/C27H23NO4S2/c1-17-8-7-11-21(14-17)26(30)32-22-13-12-19(15-23(22)31-3)16-24-25(29)28(27(33)34-24)18(2)20-9-5-4-6-10-20/h4-16,18H,1-3H3. The van der Waals surface area contributed by atoms with Gasteiger partial charge in [-0.25, -0.2) is 4.79 Å². The number of aryl methyl sites for hydroxylation is 1. The fourth-order valence-corrected chi connectivity index (χ4v) is 5.05. The molecule has 0 N–H and O–H groups in total. The van der Waals surface area contributed by atoms with Crippen molar-refractivity contribution in [1.29, 1.82) is 0 Å². The van der Waals surface area contributed by atoms with E-state index < -0.39 is 5.97 Å². The summed E-state index contributed by atoms with van der Waals surface area (Å²) in [7, 11) is 1.50. The summed E-state index contributed by atoms with van der Waals surface area (Å²) in [6, 6.07) is 22.0. The molecule has 3 aromatic rings. The Bertz CT molecular complexity index is 1290. The molecule has 7 heteroatoms. The van der Waals surface area contributed by atoms with Gasteiger partial charge < -0.3 is 9.47 Å². The van der Waals surface area contributed by atoms with Gasteiger partial charge in [-0.2, -0.15) is 0 Å². The highest BCUT2D eigenvalue weighted by molar-refractivity contribution is 8.26. The van der Waals surface area contributed by atoms with Crippen molar-refractivity contribution in [2.45, 2.75) is 19.9 Å². The van der Waals surface area contributed by atoms with Gasteiger partial charge >= 0.3 is 5.97 Å². The van der Waals surface area contributed by atoms with E-state index in [-0.39, 0.29) is 11.9 Å². The number of ether oxygens (including phenoxy) is 2. The molecule has 0 spiro atoms. The molecule has 1 amide bonds. The largest absolute Gasteiger partial charge is 0.493 e. The average Bonchev–Trinajstić information content (AvgIpc) is 3.12. The minimum absolute atomic E-state index is 0.139. The summed E-state index contributed by atoms with van der Waals surface area (Å²) in [4.78, 5) is 27.8. The van der Waals surface area contributed by atoms with Crippen LogP contribution in [-0.2, 0) is 4.79 Å². The van der Waals surface area contributed by atoms with Crippen molar-refractivity contribution >= 4 is 46.3 Å². The molecule has 0 saturated carbocycles. The molecule has 1 saturated heterocycles. The molecular formula is C27H23NO4S2. The van der Waals surface area contributed by atoms with E-state index in [4.69, 9.17) is 21.7 Å². The summed E-state index contributed by atoms with van der Waals surface area (Å²) in [6.07, 6.45) is 1.77. The number of benzene rings is 3. The molecule has 1 aliphatic heterocycles. The molecule has 1 atom stereocenters. The van der Waals surface area contributed by atoms with Crippen LogP contribution in [0, 0.1) is 6.92 Å². The van der Waals surface area contributed by atoms with Crippen molar-refractivity contribution in [3.63, 3.8) is 0 Å². The number of thiocarbonyl (C=S) groups is 1. The second-order valence-electron chi connectivity index (χ2n) is 7.81. The number of thioether (sulfide) groups is 1. The number of hydrogen-bond acceptors (Lipinski definition) is 6.